The topological polar surface area (TPSA) is 39.9 Å². The highest BCUT2D eigenvalue weighted by Crippen LogP contribution is 2.36. The van der Waals surface area contributed by atoms with Crippen molar-refractivity contribution in [3.05, 3.63) is 126 Å². The summed E-state index contributed by atoms with van der Waals surface area (Å²) < 4.78 is 8.66. The highest BCUT2D eigenvalue weighted by atomic mass is 16.5. The number of imidazole rings is 1. The molecule has 204 valence electrons. The van der Waals surface area contributed by atoms with E-state index >= 15 is 0 Å². The second-order valence-corrected chi connectivity index (χ2v) is 11.3. The van der Waals surface area contributed by atoms with Crippen LogP contribution in [0.1, 0.15) is 56.2 Å². The van der Waals surface area contributed by atoms with E-state index in [1.165, 1.54) is 27.8 Å². The highest BCUT2D eigenvalue weighted by Gasteiger charge is 2.20. The van der Waals surface area contributed by atoms with Crippen molar-refractivity contribution in [2.45, 2.75) is 46.5 Å². The smallest absolute Gasteiger partial charge is 0.144 e. The molecule has 0 aliphatic carbocycles. The third kappa shape index (κ3) is 5.26. The Hall–Kier alpha value is -4.70. The number of fused-ring (bicyclic) bond motifs is 1. The van der Waals surface area contributed by atoms with E-state index in [1.807, 2.05) is 48.8 Å². The number of ether oxygens (including phenoxy) is 1. The predicted octanol–water partition coefficient (Wildman–Crippen LogP) is 10.1. The summed E-state index contributed by atoms with van der Waals surface area (Å²) in [5.41, 5.74) is 8.16. The maximum absolute atomic E-state index is 6.41. The molecule has 0 saturated carbocycles. The van der Waals surface area contributed by atoms with Crippen molar-refractivity contribution in [3.63, 3.8) is 0 Å². The molecule has 6 rings (SSSR count). The van der Waals surface area contributed by atoms with Crippen molar-refractivity contribution in [2.24, 2.45) is 0 Å². The largest absolute Gasteiger partial charge is 0.457 e. The van der Waals surface area contributed by atoms with Crippen molar-refractivity contribution in [2.75, 3.05) is 0 Å². The molecule has 4 aromatic carbocycles. The van der Waals surface area contributed by atoms with E-state index in [2.05, 4.69) is 105 Å². The van der Waals surface area contributed by atoms with E-state index in [0.717, 1.165) is 39.5 Å². The minimum atomic E-state index is 0.385. The molecule has 0 atom stereocenters. The molecule has 0 saturated heterocycles. The highest BCUT2D eigenvalue weighted by molar-refractivity contribution is 5.94. The van der Waals surface area contributed by atoms with Crippen LogP contribution in [-0.4, -0.2) is 14.5 Å². The Kier molecular flexibility index (Phi) is 7.15. The fourth-order valence-electron chi connectivity index (χ4n) is 5.58. The van der Waals surface area contributed by atoms with Crippen LogP contribution < -0.4 is 4.74 Å². The van der Waals surface area contributed by atoms with Crippen LogP contribution in [0, 0.1) is 6.92 Å². The summed E-state index contributed by atoms with van der Waals surface area (Å²) in [5.74, 6) is 3.20. The monoisotopic (exact) mass is 537 g/mol. The zero-order chi connectivity index (χ0) is 28.5. The Morgan fingerprint density at radius 2 is 1.32 bits per heavy atom. The van der Waals surface area contributed by atoms with Gasteiger partial charge in [0.05, 0.1) is 11.4 Å². The summed E-state index contributed by atoms with van der Waals surface area (Å²) in [6, 6.07) is 31.3. The fourth-order valence-corrected chi connectivity index (χ4v) is 5.58. The lowest BCUT2D eigenvalue weighted by atomic mass is 9.90. The van der Waals surface area contributed by atoms with E-state index in [-0.39, 0.29) is 0 Å². The molecular weight excluding hydrogens is 502 g/mol. The van der Waals surface area contributed by atoms with Crippen LogP contribution >= 0.6 is 0 Å². The van der Waals surface area contributed by atoms with Gasteiger partial charge in [-0.2, -0.15) is 0 Å². The number of aromatic nitrogens is 3. The first-order chi connectivity index (χ1) is 19.9. The number of hydrogen-bond acceptors (Lipinski definition) is 3. The number of nitrogens with zero attached hydrogens (tertiary/aromatic N) is 3. The van der Waals surface area contributed by atoms with Crippen molar-refractivity contribution in [1.82, 2.24) is 14.5 Å². The molecule has 4 heteroatoms. The molecule has 6 aromatic rings. The lowest BCUT2D eigenvalue weighted by Crippen LogP contribution is -2.08. The molecular formula is C37H35N3O. The van der Waals surface area contributed by atoms with Crippen LogP contribution in [0.3, 0.4) is 0 Å². The van der Waals surface area contributed by atoms with Crippen molar-refractivity contribution < 1.29 is 4.74 Å². The first kappa shape index (κ1) is 26.5. The standard InChI is InChI=1S/C37H35N3O/c1-24(2)33-20-26(5)21-34(25(3)4)36(33)40-19-18-39-37(40)29-12-9-14-31(23-29)41-30-13-8-11-28(22-30)35-32-15-7-6-10-27(32)16-17-38-35/h6-25H,1-5H3. The molecule has 0 bridgehead atoms. The summed E-state index contributed by atoms with van der Waals surface area (Å²) in [7, 11) is 0. The quantitative estimate of drug-likeness (QED) is 0.203. The molecule has 0 aliphatic rings. The molecule has 2 aromatic heterocycles. The zero-order valence-electron chi connectivity index (χ0n) is 24.3. The minimum absolute atomic E-state index is 0.385. The first-order valence-corrected chi connectivity index (χ1v) is 14.3. The van der Waals surface area contributed by atoms with Gasteiger partial charge in [0.1, 0.15) is 17.3 Å². The van der Waals surface area contributed by atoms with Gasteiger partial charge in [-0.1, -0.05) is 93.9 Å². The second kappa shape index (κ2) is 11.1. The van der Waals surface area contributed by atoms with Crippen LogP contribution in [-0.2, 0) is 0 Å². The Labute approximate surface area is 242 Å². The van der Waals surface area contributed by atoms with Gasteiger partial charge in [-0.05, 0) is 65.6 Å². The summed E-state index contributed by atoms with van der Waals surface area (Å²) in [5, 5.41) is 2.29. The van der Waals surface area contributed by atoms with Gasteiger partial charge in [-0.3, -0.25) is 9.55 Å². The van der Waals surface area contributed by atoms with E-state index in [4.69, 9.17) is 9.72 Å². The Balaban J connectivity index is 1.36. The van der Waals surface area contributed by atoms with E-state index in [9.17, 15) is 0 Å². The molecule has 0 spiro atoms. The van der Waals surface area contributed by atoms with Crippen molar-refractivity contribution in [3.8, 4) is 39.8 Å². The second-order valence-electron chi connectivity index (χ2n) is 11.3. The average molecular weight is 538 g/mol. The lowest BCUT2D eigenvalue weighted by molar-refractivity contribution is 0.483. The minimum Gasteiger partial charge on any atom is -0.457 e. The van der Waals surface area contributed by atoms with E-state index in [1.54, 1.807) is 0 Å². The molecule has 0 fully saturated rings. The number of aryl methyl sites for hydroxylation is 1. The Bertz CT molecular complexity index is 1810. The van der Waals surface area contributed by atoms with Gasteiger partial charge in [0.2, 0.25) is 0 Å². The molecule has 0 N–H and O–H groups in total. The van der Waals surface area contributed by atoms with Gasteiger partial charge < -0.3 is 4.74 Å². The first-order valence-electron chi connectivity index (χ1n) is 14.3. The van der Waals surface area contributed by atoms with Crippen LogP contribution in [0.25, 0.3) is 39.1 Å². The zero-order valence-corrected chi connectivity index (χ0v) is 24.3. The Morgan fingerprint density at radius 3 is 2.02 bits per heavy atom. The van der Waals surface area contributed by atoms with Gasteiger partial charge in [-0.25, -0.2) is 4.98 Å². The van der Waals surface area contributed by atoms with Gasteiger partial charge in [-0.15, -0.1) is 0 Å². The molecule has 0 radical (unpaired) electrons. The molecule has 41 heavy (non-hydrogen) atoms. The number of rotatable bonds is 7. The molecule has 0 amide bonds. The molecule has 0 aliphatic heterocycles. The maximum Gasteiger partial charge on any atom is 0.144 e. The summed E-state index contributed by atoms with van der Waals surface area (Å²) in [6.07, 6.45) is 5.82. The van der Waals surface area contributed by atoms with Crippen LogP contribution in [0.2, 0.25) is 0 Å². The molecule has 0 unspecified atom stereocenters. The fraction of sp³-hybridized carbons (Fsp3) is 0.189. The summed E-state index contributed by atoms with van der Waals surface area (Å²) >= 11 is 0. The normalized spacial score (nSPS) is 11.5. The summed E-state index contributed by atoms with van der Waals surface area (Å²) in [4.78, 5) is 9.51. The Morgan fingerprint density at radius 1 is 0.659 bits per heavy atom. The third-order valence-corrected chi connectivity index (χ3v) is 7.55. The SMILES string of the molecule is Cc1cc(C(C)C)c(-n2ccnc2-c2cccc(Oc3cccc(-c4nccc5ccccc45)c3)c2)c(C(C)C)c1. The van der Waals surface area contributed by atoms with Gasteiger partial charge >= 0.3 is 0 Å². The van der Waals surface area contributed by atoms with Gasteiger partial charge in [0.15, 0.2) is 0 Å². The van der Waals surface area contributed by atoms with E-state index < -0.39 is 0 Å². The summed E-state index contributed by atoms with van der Waals surface area (Å²) in [6.45, 7) is 11.2. The van der Waals surface area contributed by atoms with Crippen LogP contribution in [0.15, 0.2) is 110 Å². The number of pyridine rings is 1. The predicted molar refractivity (Wildman–Crippen MR) is 169 cm³/mol. The van der Waals surface area contributed by atoms with E-state index in [0.29, 0.717) is 11.8 Å². The van der Waals surface area contributed by atoms with Crippen LogP contribution in [0.4, 0.5) is 0 Å². The third-order valence-electron chi connectivity index (χ3n) is 7.55. The maximum atomic E-state index is 6.41. The number of benzene rings is 4. The van der Waals surface area contributed by atoms with Crippen molar-refractivity contribution >= 4 is 10.8 Å². The molecule has 4 nitrogen and oxygen atoms in total. The molecule has 2 heterocycles. The van der Waals surface area contributed by atoms with Gasteiger partial charge in [0.25, 0.3) is 0 Å². The van der Waals surface area contributed by atoms with Crippen LogP contribution in [0.5, 0.6) is 11.5 Å². The lowest BCUT2D eigenvalue weighted by Gasteiger charge is -2.23. The van der Waals surface area contributed by atoms with Crippen molar-refractivity contribution in [1.29, 1.82) is 0 Å². The average Bonchev–Trinajstić information content (AvgIpc) is 3.46. The van der Waals surface area contributed by atoms with Gasteiger partial charge in [0, 0.05) is 35.1 Å². The number of hydrogen-bond donors (Lipinski definition) is 0.